The molecule has 0 atom stereocenters. The first-order valence-electron chi connectivity index (χ1n) is 9.31. The van der Waals surface area contributed by atoms with E-state index in [4.69, 9.17) is 16.3 Å². The molecule has 0 aromatic heterocycles. The number of hydrogen-bond acceptors (Lipinski definition) is 4. The maximum atomic E-state index is 12.1. The summed E-state index contributed by atoms with van der Waals surface area (Å²) in [5, 5.41) is 3.61. The summed E-state index contributed by atoms with van der Waals surface area (Å²) in [6.07, 6.45) is 0.946. The molecule has 0 saturated carbocycles. The molecular weight excluding hydrogens is 362 g/mol. The molecule has 144 valence electrons. The Balaban J connectivity index is 1.34. The Hall–Kier alpha value is -2.24. The van der Waals surface area contributed by atoms with Gasteiger partial charge in [-0.2, -0.15) is 0 Å². The minimum absolute atomic E-state index is 0.0454. The fourth-order valence-corrected chi connectivity index (χ4v) is 3.36. The van der Waals surface area contributed by atoms with E-state index in [1.165, 1.54) is 5.69 Å². The molecule has 0 bridgehead atoms. The van der Waals surface area contributed by atoms with Gasteiger partial charge in [0, 0.05) is 49.0 Å². The van der Waals surface area contributed by atoms with Crippen LogP contribution in [0.2, 0.25) is 5.02 Å². The standard InChI is InChI=1S/C21H26ClN3O2/c1-27-20-9-7-19(8-10-20)25-15-13-24(14-16-25)12-2-11-23-21(26)17-3-5-18(22)6-4-17/h3-10H,2,11-16H2,1H3,(H,23,26). The summed E-state index contributed by atoms with van der Waals surface area (Å²) >= 11 is 5.85. The molecule has 1 N–H and O–H groups in total. The first-order chi connectivity index (χ1) is 13.2. The van der Waals surface area contributed by atoms with E-state index in [9.17, 15) is 4.79 Å². The Labute approximate surface area is 165 Å². The summed E-state index contributed by atoms with van der Waals surface area (Å²) in [6.45, 7) is 5.79. The van der Waals surface area contributed by atoms with Crippen LogP contribution in [0.3, 0.4) is 0 Å². The molecule has 6 heteroatoms. The lowest BCUT2D eigenvalue weighted by Crippen LogP contribution is -2.47. The Morgan fingerprint density at radius 2 is 1.70 bits per heavy atom. The summed E-state index contributed by atoms with van der Waals surface area (Å²) in [5.74, 6) is 0.842. The van der Waals surface area contributed by atoms with Crippen LogP contribution in [0.1, 0.15) is 16.8 Å². The Bertz CT molecular complexity index is 726. The number of ether oxygens (including phenoxy) is 1. The predicted octanol–water partition coefficient (Wildman–Crippen LogP) is 3.29. The lowest BCUT2D eigenvalue weighted by atomic mass is 10.2. The number of halogens is 1. The van der Waals surface area contributed by atoms with Crippen molar-refractivity contribution in [2.45, 2.75) is 6.42 Å². The monoisotopic (exact) mass is 387 g/mol. The van der Waals surface area contributed by atoms with Gasteiger partial charge in [0.25, 0.3) is 5.91 Å². The molecule has 27 heavy (non-hydrogen) atoms. The normalized spacial score (nSPS) is 14.8. The molecule has 1 heterocycles. The van der Waals surface area contributed by atoms with E-state index < -0.39 is 0 Å². The fraction of sp³-hybridized carbons (Fsp3) is 0.381. The Morgan fingerprint density at radius 1 is 1.04 bits per heavy atom. The van der Waals surface area contributed by atoms with Crippen molar-refractivity contribution in [3.8, 4) is 5.75 Å². The summed E-state index contributed by atoms with van der Waals surface area (Å²) in [5.41, 5.74) is 1.89. The van der Waals surface area contributed by atoms with Gasteiger partial charge in [0.1, 0.15) is 5.75 Å². The van der Waals surface area contributed by atoms with Crippen molar-refractivity contribution < 1.29 is 9.53 Å². The maximum Gasteiger partial charge on any atom is 0.251 e. The third kappa shape index (κ3) is 5.62. The van der Waals surface area contributed by atoms with Gasteiger partial charge < -0.3 is 15.0 Å². The molecule has 1 amide bonds. The number of nitrogens with zero attached hydrogens (tertiary/aromatic N) is 2. The van der Waals surface area contributed by atoms with E-state index in [1.54, 1.807) is 31.4 Å². The van der Waals surface area contributed by atoms with Crippen LogP contribution >= 0.6 is 11.6 Å². The summed E-state index contributed by atoms with van der Waals surface area (Å²) in [4.78, 5) is 16.9. The predicted molar refractivity (Wildman–Crippen MR) is 110 cm³/mol. The van der Waals surface area contributed by atoms with Crippen molar-refractivity contribution in [1.29, 1.82) is 0 Å². The number of benzene rings is 2. The number of rotatable bonds is 7. The molecule has 5 nitrogen and oxygen atoms in total. The molecule has 3 rings (SSSR count). The fourth-order valence-electron chi connectivity index (χ4n) is 3.23. The van der Waals surface area contributed by atoms with Crippen molar-refractivity contribution >= 4 is 23.2 Å². The van der Waals surface area contributed by atoms with E-state index >= 15 is 0 Å². The van der Waals surface area contributed by atoms with Crippen LogP contribution in [0.4, 0.5) is 5.69 Å². The van der Waals surface area contributed by atoms with Gasteiger partial charge in [-0.15, -0.1) is 0 Å². The molecular formula is C21H26ClN3O2. The average Bonchev–Trinajstić information content (AvgIpc) is 2.72. The van der Waals surface area contributed by atoms with Gasteiger partial charge in [0.05, 0.1) is 7.11 Å². The van der Waals surface area contributed by atoms with Crippen molar-refractivity contribution in [3.63, 3.8) is 0 Å². The Morgan fingerprint density at radius 3 is 2.33 bits per heavy atom. The highest BCUT2D eigenvalue weighted by molar-refractivity contribution is 6.30. The van der Waals surface area contributed by atoms with Gasteiger partial charge in [-0.1, -0.05) is 11.6 Å². The van der Waals surface area contributed by atoms with E-state index in [2.05, 4.69) is 27.2 Å². The van der Waals surface area contributed by atoms with E-state index in [0.29, 0.717) is 17.1 Å². The minimum atomic E-state index is -0.0454. The zero-order valence-electron chi connectivity index (χ0n) is 15.7. The highest BCUT2D eigenvalue weighted by Crippen LogP contribution is 2.20. The molecule has 1 fully saturated rings. The summed E-state index contributed by atoms with van der Waals surface area (Å²) in [7, 11) is 1.69. The number of carbonyl (C=O) groups is 1. The zero-order valence-corrected chi connectivity index (χ0v) is 16.4. The molecule has 0 aliphatic carbocycles. The second-order valence-electron chi connectivity index (χ2n) is 6.64. The number of amides is 1. The smallest absolute Gasteiger partial charge is 0.251 e. The van der Waals surface area contributed by atoms with Crippen LogP contribution < -0.4 is 15.0 Å². The molecule has 0 unspecified atom stereocenters. The molecule has 1 aliphatic rings. The number of piperazine rings is 1. The van der Waals surface area contributed by atoms with Gasteiger partial charge in [0.2, 0.25) is 0 Å². The minimum Gasteiger partial charge on any atom is -0.497 e. The summed E-state index contributed by atoms with van der Waals surface area (Å²) in [6, 6.07) is 15.2. The molecule has 2 aromatic rings. The molecule has 2 aromatic carbocycles. The van der Waals surface area contributed by atoms with Crippen LogP contribution in [0.5, 0.6) is 5.75 Å². The lowest BCUT2D eigenvalue weighted by molar-refractivity contribution is 0.0951. The maximum absolute atomic E-state index is 12.1. The first kappa shape index (κ1) is 19.5. The molecule has 0 spiro atoms. The van der Waals surface area contributed by atoms with Crippen LogP contribution in [-0.4, -0.2) is 57.2 Å². The molecule has 0 radical (unpaired) electrons. The van der Waals surface area contributed by atoms with Crippen LogP contribution in [0.25, 0.3) is 0 Å². The van der Waals surface area contributed by atoms with E-state index in [0.717, 1.165) is 44.9 Å². The summed E-state index contributed by atoms with van der Waals surface area (Å²) < 4.78 is 5.22. The molecule has 1 aliphatic heterocycles. The highest BCUT2D eigenvalue weighted by Gasteiger charge is 2.17. The van der Waals surface area contributed by atoms with Gasteiger partial charge in [-0.25, -0.2) is 0 Å². The van der Waals surface area contributed by atoms with Gasteiger partial charge in [-0.05, 0) is 61.5 Å². The van der Waals surface area contributed by atoms with Crippen molar-refractivity contribution in [1.82, 2.24) is 10.2 Å². The number of hydrogen-bond donors (Lipinski definition) is 1. The van der Waals surface area contributed by atoms with Crippen LogP contribution in [0.15, 0.2) is 48.5 Å². The van der Waals surface area contributed by atoms with Gasteiger partial charge in [0.15, 0.2) is 0 Å². The highest BCUT2D eigenvalue weighted by atomic mass is 35.5. The largest absolute Gasteiger partial charge is 0.497 e. The number of nitrogens with one attached hydrogen (secondary N) is 1. The quantitative estimate of drug-likeness (QED) is 0.740. The first-order valence-corrected chi connectivity index (χ1v) is 9.68. The zero-order chi connectivity index (χ0) is 19.1. The average molecular weight is 388 g/mol. The van der Waals surface area contributed by atoms with Crippen LogP contribution in [0, 0.1) is 0 Å². The van der Waals surface area contributed by atoms with Crippen molar-refractivity contribution in [3.05, 3.63) is 59.1 Å². The number of carbonyl (C=O) groups excluding carboxylic acids is 1. The topological polar surface area (TPSA) is 44.8 Å². The van der Waals surface area contributed by atoms with E-state index in [1.807, 2.05) is 12.1 Å². The van der Waals surface area contributed by atoms with Crippen molar-refractivity contribution in [2.75, 3.05) is 51.3 Å². The second-order valence-corrected chi connectivity index (χ2v) is 7.08. The van der Waals surface area contributed by atoms with E-state index in [-0.39, 0.29) is 5.91 Å². The third-order valence-electron chi connectivity index (χ3n) is 4.85. The Kier molecular flexibility index (Phi) is 6.96. The SMILES string of the molecule is COc1ccc(N2CCN(CCCNC(=O)c3ccc(Cl)cc3)CC2)cc1. The second kappa shape index (κ2) is 9.62. The number of anilines is 1. The number of methoxy groups -OCH3 is 1. The molecule has 1 saturated heterocycles. The van der Waals surface area contributed by atoms with Gasteiger partial charge in [-0.3, -0.25) is 9.69 Å². The van der Waals surface area contributed by atoms with Gasteiger partial charge >= 0.3 is 0 Å². The van der Waals surface area contributed by atoms with Crippen molar-refractivity contribution in [2.24, 2.45) is 0 Å². The third-order valence-corrected chi connectivity index (χ3v) is 5.10. The lowest BCUT2D eigenvalue weighted by Gasteiger charge is -2.36. The van der Waals surface area contributed by atoms with Crippen LogP contribution in [-0.2, 0) is 0 Å².